The lowest BCUT2D eigenvalue weighted by Crippen LogP contribution is -2.42. The Balaban J connectivity index is 2.57. The number of carbonyl (C=O) groups excluding carboxylic acids is 1. The number of carbonyl (C=O) groups is 1. The lowest BCUT2D eigenvalue weighted by atomic mass is 10.1. The van der Waals surface area contributed by atoms with Crippen molar-refractivity contribution in [2.24, 2.45) is 0 Å². The number of hydrogen-bond donors (Lipinski definition) is 4. The van der Waals surface area contributed by atoms with Crippen molar-refractivity contribution in [3.8, 4) is 0 Å². The van der Waals surface area contributed by atoms with Crippen LogP contribution in [0.5, 0.6) is 0 Å². The maximum absolute atomic E-state index is 11.1. The number of aliphatic hydroxyl groups excluding tert-OH is 3. The summed E-state index contributed by atoms with van der Waals surface area (Å²) in [5.41, 5.74) is 0. The zero-order chi connectivity index (χ0) is 10.0. The van der Waals surface area contributed by atoms with Crippen molar-refractivity contribution in [3.05, 3.63) is 0 Å². The Labute approximate surface area is 75.1 Å². The van der Waals surface area contributed by atoms with Crippen LogP contribution in [0.3, 0.4) is 0 Å². The van der Waals surface area contributed by atoms with E-state index in [1.54, 1.807) is 6.92 Å². The molecule has 0 aromatic heterocycles. The van der Waals surface area contributed by atoms with Crippen LogP contribution in [0.25, 0.3) is 0 Å². The minimum atomic E-state index is -1.50. The van der Waals surface area contributed by atoms with Gasteiger partial charge in [0.2, 0.25) is 0 Å². The fourth-order valence-corrected chi connectivity index (χ4v) is 1.15. The molecule has 6 heteroatoms. The van der Waals surface area contributed by atoms with Gasteiger partial charge in [0, 0.05) is 6.54 Å². The fourth-order valence-electron chi connectivity index (χ4n) is 1.15. The SMILES string of the molecule is CCNC(=O)[C@H]1OC(O)[C@H](O)[C@@H]1O. The summed E-state index contributed by atoms with van der Waals surface area (Å²) in [4.78, 5) is 11.1. The molecule has 1 aliphatic rings. The Morgan fingerprint density at radius 2 is 2.00 bits per heavy atom. The first-order valence-electron chi connectivity index (χ1n) is 4.05. The average Bonchev–Trinajstić information content (AvgIpc) is 2.33. The van der Waals surface area contributed by atoms with Crippen LogP contribution in [0.15, 0.2) is 0 Å². The summed E-state index contributed by atoms with van der Waals surface area (Å²) in [6.07, 6.45) is -5.48. The molecule has 0 aromatic carbocycles. The summed E-state index contributed by atoms with van der Waals surface area (Å²) in [7, 11) is 0. The highest BCUT2D eigenvalue weighted by Gasteiger charge is 2.45. The Kier molecular flexibility index (Phi) is 3.21. The molecule has 1 rings (SSSR count). The maximum atomic E-state index is 11.1. The smallest absolute Gasteiger partial charge is 0.252 e. The summed E-state index contributed by atoms with van der Waals surface area (Å²) >= 11 is 0. The Hall–Kier alpha value is -0.690. The van der Waals surface area contributed by atoms with Gasteiger partial charge in [-0.15, -0.1) is 0 Å². The van der Waals surface area contributed by atoms with E-state index in [2.05, 4.69) is 10.1 Å². The minimum absolute atomic E-state index is 0.400. The van der Waals surface area contributed by atoms with E-state index in [0.29, 0.717) is 6.54 Å². The second-order valence-electron chi connectivity index (χ2n) is 2.82. The van der Waals surface area contributed by atoms with Gasteiger partial charge in [0.1, 0.15) is 12.2 Å². The molecular formula is C7H13NO5. The fraction of sp³-hybridized carbons (Fsp3) is 0.857. The second kappa shape index (κ2) is 4.01. The van der Waals surface area contributed by atoms with Crippen molar-refractivity contribution >= 4 is 5.91 Å². The summed E-state index contributed by atoms with van der Waals surface area (Å²) in [5.74, 6) is -0.536. The number of likely N-dealkylation sites (N-methyl/N-ethyl adjacent to an activating group) is 1. The number of nitrogens with one attached hydrogen (secondary N) is 1. The highest BCUT2D eigenvalue weighted by molar-refractivity contribution is 5.81. The highest BCUT2D eigenvalue weighted by atomic mass is 16.6. The molecule has 1 saturated heterocycles. The molecule has 1 aliphatic heterocycles. The molecule has 1 fully saturated rings. The quantitative estimate of drug-likeness (QED) is 0.388. The minimum Gasteiger partial charge on any atom is -0.387 e. The summed E-state index contributed by atoms with van der Waals surface area (Å²) in [5, 5.41) is 29.6. The summed E-state index contributed by atoms with van der Waals surface area (Å²) in [6.45, 7) is 2.11. The molecule has 1 heterocycles. The molecule has 76 valence electrons. The topological polar surface area (TPSA) is 99.0 Å². The Morgan fingerprint density at radius 3 is 2.38 bits per heavy atom. The van der Waals surface area contributed by atoms with Gasteiger partial charge >= 0.3 is 0 Å². The lowest BCUT2D eigenvalue weighted by Gasteiger charge is -2.12. The van der Waals surface area contributed by atoms with E-state index < -0.39 is 30.5 Å². The molecule has 0 aromatic rings. The van der Waals surface area contributed by atoms with Gasteiger partial charge in [0.05, 0.1) is 0 Å². The van der Waals surface area contributed by atoms with Crippen LogP contribution < -0.4 is 5.32 Å². The Morgan fingerprint density at radius 1 is 1.38 bits per heavy atom. The van der Waals surface area contributed by atoms with Crippen molar-refractivity contribution in [1.82, 2.24) is 5.32 Å². The van der Waals surface area contributed by atoms with Gasteiger partial charge in [0.25, 0.3) is 5.91 Å². The molecule has 0 radical (unpaired) electrons. The molecule has 0 aliphatic carbocycles. The zero-order valence-electron chi connectivity index (χ0n) is 7.17. The van der Waals surface area contributed by atoms with E-state index >= 15 is 0 Å². The molecule has 13 heavy (non-hydrogen) atoms. The molecule has 4 N–H and O–H groups in total. The third kappa shape index (κ3) is 1.97. The number of aliphatic hydroxyl groups is 3. The normalized spacial score (nSPS) is 39.1. The predicted octanol–water partition coefficient (Wildman–Crippen LogP) is -2.44. The van der Waals surface area contributed by atoms with Crippen LogP contribution in [0, 0.1) is 0 Å². The Bertz CT molecular complexity index is 197. The number of hydrogen-bond acceptors (Lipinski definition) is 5. The van der Waals surface area contributed by atoms with Crippen molar-refractivity contribution in [3.63, 3.8) is 0 Å². The van der Waals surface area contributed by atoms with E-state index in [1.807, 2.05) is 0 Å². The van der Waals surface area contributed by atoms with Gasteiger partial charge in [-0.3, -0.25) is 4.79 Å². The molecule has 0 bridgehead atoms. The lowest BCUT2D eigenvalue weighted by molar-refractivity contribution is -0.151. The molecule has 1 amide bonds. The molecule has 6 nitrogen and oxygen atoms in total. The number of amides is 1. The van der Waals surface area contributed by atoms with E-state index in [4.69, 9.17) is 10.2 Å². The first kappa shape index (κ1) is 10.4. The van der Waals surface area contributed by atoms with E-state index in [9.17, 15) is 9.90 Å². The van der Waals surface area contributed by atoms with Crippen LogP contribution in [0.4, 0.5) is 0 Å². The summed E-state index contributed by atoms with van der Waals surface area (Å²) < 4.78 is 4.64. The first-order valence-corrected chi connectivity index (χ1v) is 4.05. The van der Waals surface area contributed by atoms with Gasteiger partial charge in [0.15, 0.2) is 12.4 Å². The van der Waals surface area contributed by atoms with E-state index in [-0.39, 0.29) is 0 Å². The van der Waals surface area contributed by atoms with Gasteiger partial charge in [-0.05, 0) is 6.92 Å². The summed E-state index contributed by atoms with van der Waals surface area (Å²) in [6, 6.07) is 0. The zero-order valence-corrected chi connectivity index (χ0v) is 7.17. The number of ether oxygens (including phenoxy) is 1. The third-order valence-corrected chi connectivity index (χ3v) is 1.85. The predicted molar refractivity (Wildman–Crippen MR) is 41.6 cm³/mol. The standard InChI is InChI=1S/C7H13NO5/c1-2-8-6(11)5-3(9)4(10)7(12)13-5/h3-5,7,9-10,12H,2H2,1H3,(H,8,11)/t3-,4+,5-,7?/m0/s1. The van der Waals surface area contributed by atoms with Gasteiger partial charge in [-0.25, -0.2) is 0 Å². The van der Waals surface area contributed by atoms with Crippen LogP contribution >= 0.6 is 0 Å². The maximum Gasteiger partial charge on any atom is 0.252 e. The molecule has 0 spiro atoms. The van der Waals surface area contributed by atoms with Crippen molar-refractivity contribution in [2.75, 3.05) is 6.54 Å². The van der Waals surface area contributed by atoms with Crippen LogP contribution in [0.2, 0.25) is 0 Å². The van der Waals surface area contributed by atoms with Crippen molar-refractivity contribution in [2.45, 2.75) is 31.5 Å². The van der Waals surface area contributed by atoms with Crippen LogP contribution in [-0.2, 0) is 9.53 Å². The van der Waals surface area contributed by atoms with E-state index in [1.165, 1.54) is 0 Å². The third-order valence-electron chi connectivity index (χ3n) is 1.85. The van der Waals surface area contributed by atoms with Crippen LogP contribution in [-0.4, -0.2) is 52.4 Å². The van der Waals surface area contributed by atoms with Crippen LogP contribution in [0.1, 0.15) is 6.92 Å². The first-order chi connectivity index (χ1) is 6.07. The van der Waals surface area contributed by atoms with Gasteiger partial charge in [-0.2, -0.15) is 0 Å². The second-order valence-corrected chi connectivity index (χ2v) is 2.82. The largest absolute Gasteiger partial charge is 0.387 e. The van der Waals surface area contributed by atoms with Gasteiger partial charge in [-0.1, -0.05) is 0 Å². The molecule has 4 atom stereocenters. The monoisotopic (exact) mass is 191 g/mol. The molecule has 0 saturated carbocycles. The average molecular weight is 191 g/mol. The highest BCUT2D eigenvalue weighted by Crippen LogP contribution is 2.19. The van der Waals surface area contributed by atoms with Crippen molar-refractivity contribution < 1.29 is 24.9 Å². The van der Waals surface area contributed by atoms with E-state index in [0.717, 1.165) is 0 Å². The molecular weight excluding hydrogens is 178 g/mol. The number of rotatable bonds is 2. The van der Waals surface area contributed by atoms with Crippen molar-refractivity contribution in [1.29, 1.82) is 0 Å². The molecule has 1 unspecified atom stereocenters. The van der Waals surface area contributed by atoms with Gasteiger partial charge < -0.3 is 25.4 Å².